The van der Waals surface area contributed by atoms with Gasteiger partial charge >= 0.3 is 0 Å². The highest BCUT2D eigenvalue weighted by Gasteiger charge is 2.08. The summed E-state index contributed by atoms with van der Waals surface area (Å²) in [5, 5.41) is 9.87. The minimum absolute atomic E-state index is 0.420. The van der Waals surface area contributed by atoms with Gasteiger partial charge in [-0.2, -0.15) is 0 Å². The molecule has 0 bridgehead atoms. The fourth-order valence-corrected chi connectivity index (χ4v) is 1.96. The number of aliphatic hydroxyl groups excluding tert-OH is 1. The number of hydrogen-bond acceptors (Lipinski definition) is 3. The monoisotopic (exact) mass is 205 g/mol. The van der Waals surface area contributed by atoms with Crippen molar-refractivity contribution in [2.75, 3.05) is 0 Å². The Morgan fingerprint density at radius 2 is 2.07 bits per heavy atom. The quantitative estimate of drug-likeness (QED) is 0.834. The lowest BCUT2D eigenvalue weighted by atomic mass is 10.1. The van der Waals surface area contributed by atoms with Crippen LogP contribution in [0, 0.1) is 0 Å². The molecule has 0 spiro atoms. The topological polar surface area (TPSA) is 33.1 Å². The zero-order valence-corrected chi connectivity index (χ0v) is 8.45. The Balaban J connectivity index is 2.07. The summed E-state index contributed by atoms with van der Waals surface area (Å²) in [6.45, 7) is 0. The van der Waals surface area contributed by atoms with Gasteiger partial charge in [0.15, 0.2) is 0 Å². The molecule has 1 aromatic carbocycles. The molecule has 3 heteroatoms. The number of hydrogen-bond donors (Lipinski definition) is 1. The number of aliphatic hydroxyl groups is 1. The van der Waals surface area contributed by atoms with Gasteiger partial charge < -0.3 is 5.11 Å². The maximum absolute atomic E-state index is 9.87. The lowest BCUT2D eigenvalue weighted by Gasteiger charge is -2.08. The van der Waals surface area contributed by atoms with E-state index in [2.05, 4.69) is 4.98 Å². The van der Waals surface area contributed by atoms with Crippen LogP contribution in [-0.2, 0) is 6.42 Å². The molecule has 2 rings (SSSR count). The second-order valence-corrected chi connectivity index (χ2v) is 4.07. The van der Waals surface area contributed by atoms with Crippen LogP contribution in [0.1, 0.15) is 16.5 Å². The Bertz CT molecular complexity index is 371. The molecule has 0 radical (unpaired) electrons. The van der Waals surface area contributed by atoms with Crippen molar-refractivity contribution in [1.29, 1.82) is 0 Å². The van der Waals surface area contributed by atoms with Crippen LogP contribution in [0.15, 0.2) is 42.0 Å². The molecule has 1 N–H and O–H groups in total. The molecule has 0 fully saturated rings. The average Bonchev–Trinajstić information content (AvgIpc) is 2.72. The van der Waals surface area contributed by atoms with E-state index in [0.29, 0.717) is 6.42 Å². The summed E-state index contributed by atoms with van der Waals surface area (Å²) in [7, 11) is 0. The number of nitrogens with zero attached hydrogens (tertiary/aromatic N) is 1. The Morgan fingerprint density at radius 3 is 2.71 bits per heavy atom. The second kappa shape index (κ2) is 4.35. The Morgan fingerprint density at radius 1 is 1.29 bits per heavy atom. The minimum atomic E-state index is -0.420. The van der Waals surface area contributed by atoms with E-state index in [-0.39, 0.29) is 0 Å². The van der Waals surface area contributed by atoms with E-state index in [1.165, 1.54) is 0 Å². The van der Waals surface area contributed by atoms with Gasteiger partial charge in [-0.15, -0.1) is 11.3 Å². The van der Waals surface area contributed by atoms with Gasteiger partial charge in [-0.3, -0.25) is 4.98 Å². The molecular weight excluding hydrogens is 194 g/mol. The molecule has 0 amide bonds. The summed E-state index contributed by atoms with van der Waals surface area (Å²) in [6.07, 6.45) is 2.03. The van der Waals surface area contributed by atoms with E-state index in [4.69, 9.17) is 0 Å². The maximum atomic E-state index is 9.87. The van der Waals surface area contributed by atoms with E-state index in [1.807, 2.05) is 30.3 Å². The molecule has 1 aromatic heterocycles. The second-order valence-electron chi connectivity index (χ2n) is 3.10. The molecule has 14 heavy (non-hydrogen) atoms. The van der Waals surface area contributed by atoms with Crippen LogP contribution in [-0.4, -0.2) is 10.1 Å². The molecule has 1 unspecified atom stereocenters. The average molecular weight is 205 g/mol. The van der Waals surface area contributed by atoms with Crippen molar-refractivity contribution in [3.8, 4) is 0 Å². The van der Waals surface area contributed by atoms with Crippen LogP contribution in [0.25, 0.3) is 0 Å². The van der Waals surface area contributed by atoms with Gasteiger partial charge in [0.2, 0.25) is 0 Å². The number of aromatic nitrogens is 1. The Kier molecular flexibility index (Phi) is 2.91. The fourth-order valence-electron chi connectivity index (χ4n) is 1.33. The van der Waals surface area contributed by atoms with Crippen LogP contribution >= 0.6 is 11.3 Å². The Labute approximate surface area is 86.9 Å². The predicted molar refractivity (Wildman–Crippen MR) is 57.2 cm³/mol. The lowest BCUT2D eigenvalue weighted by molar-refractivity contribution is 0.179. The third-order valence-electron chi connectivity index (χ3n) is 2.06. The van der Waals surface area contributed by atoms with Gasteiger partial charge in [0.1, 0.15) is 0 Å². The molecule has 0 aliphatic rings. The highest BCUT2D eigenvalue weighted by atomic mass is 32.1. The molecule has 72 valence electrons. The van der Waals surface area contributed by atoms with E-state index in [0.717, 1.165) is 10.4 Å². The van der Waals surface area contributed by atoms with E-state index in [9.17, 15) is 5.11 Å². The number of rotatable bonds is 3. The van der Waals surface area contributed by atoms with Crippen LogP contribution < -0.4 is 0 Å². The molecule has 1 atom stereocenters. The molecule has 1 heterocycles. The van der Waals surface area contributed by atoms with Crippen LogP contribution in [0.2, 0.25) is 0 Å². The van der Waals surface area contributed by atoms with Gasteiger partial charge in [-0.05, 0) is 5.56 Å². The summed E-state index contributed by atoms with van der Waals surface area (Å²) >= 11 is 1.57. The summed E-state index contributed by atoms with van der Waals surface area (Å²) in [4.78, 5) is 5.09. The highest BCUT2D eigenvalue weighted by Crippen LogP contribution is 2.19. The number of benzene rings is 1. The predicted octanol–water partition coefficient (Wildman–Crippen LogP) is 2.42. The Hall–Kier alpha value is -1.19. The van der Waals surface area contributed by atoms with Crippen LogP contribution in [0.4, 0.5) is 0 Å². The summed E-state index contributed by atoms with van der Waals surface area (Å²) in [6, 6.07) is 9.69. The first-order valence-electron chi connectivity index (χ1n) is 4.46. The molecule has 0 saturated heterocycles. The first-order chi connectivity index (χ1) is 6.86. The first kappa shape index (κ1) is 9.37. The van der Waals surface area contributed by atoms with Crippen molar-refractivity contribution in [1.82, 2.24) is 4.98 Å². The molecule has 0 aliphatic carbocycles. The van der Waals surface area contributed by atoms with E-state index >= 15 is 0 Å². The van der Waals surface area contributed by atoms with Crippen molar-refractivity contribution in [2.24, 2.45) is 0 Å². The van der Waals surface area contributed by atoms with Crippen LogP contribution in [0.5, 0.6) is 0 Å². The van der Waals surface area contributed by atoms with Crippen molar-refractivity contribution in [2.45, 2.75) is 12.5 Å². The first-order valence-corrected chi connectivity index (χ1v) is 5.34. The summed E-state index contributed by atoms with van der Waals surface area (Å²) in [5.41, 5.74) is 2.74. The molecular formula is C11H11NOS. The SMILES string of the molecule is OC(Cc1cncs1)c1ccccc1. The van der Waals surface area contributed by atoms with Crippen molar-refractivity contribution < 1.29 is 5.11 Å². The third kappa shape index (κ3) is 2.19. The zero-order valence-electron chi connectivity index (χ0n) is 7.63. The highest BCUT2D eigenvalue weighted by molar-refractivity contribution is 7.09. The number of thiazole rings is 1. The third-order valence-corrected chi connectivity index (χ3v) is 2.86. The summed E-state index contributed by atoms with van der Waals surface area (Å²) in [5.74, 6) is 0. The lowest BCUT2D eigenvalue weighted by Crippen LogP contribution is -1.99. The van der Waals surface area contributed by atoms with Gasteiger partial charge in [0.05, 0.1) is 11.6 Å². The van der Waals surface area contributed by atoms with E-state index in [1.54, 1.807) is 23.0 Å². The van der Waals surface area contributed by atoms with Gasteiger partial charge in [0, 0.05) is 17.5 Å². The van der Waals surface area contributed by atoms with Gasteiger partial charge in [-0.25, -0.2) is 0 Å². The molecule has 2 aromatic rings. The fraction of sp³-hybridized carbons (Fsp3) is 0.182. The van der Waals surface area contributed by atoms with Gasteiger partial charge in [-0.1, -0.05) is 30.3 Å². The smallest absolute Gasteiger partial charge is 0.0838 e. The standard InChI is InChI=1S/C11H11NOS/c13-11(6-10-7-12-8-14-10)9-4-2-1-3-5-9/h1-5,7-8,11,13H,6H2. The van der Waals surface area contributed by atoms with Gasteiger partial charge in [0.25, 0.3) is 0 Å². The van der Waals surface area contributed by atoms with Crippen molar-refractivity contribution in [3.63, 3.8) is 0 Å². The largest absolute Gasteiger partial charge is 0.388 e. The van der Waals surface area contributed by atoms with Crippen LogP contribution in [0.3, 0.4) is 0 Å². The molecule has 0 aliphatic heterocycles. The zero-order chi connectivity index (χ0) is 9.80. The van der Waals surface area contributed by atoms with Crippen molar-refractivity contribution >= 4 is 11.3 Å². The molecule has 2 nitrogen and oxygen atoms in total. The summed E-state index contributed by atoms with van der Waals surface area (Å²) < 4.78 is 0. The molecule has 0 saturated carbocycles. The van der Waals surface area contributed by atoms with Crippen molar-refractivity contribution in [3.05, 3.63) is 52.5 Å². The minimum Gasteiger partial charge on any atom is -0.388 e. The normalized spacial score (nSPS) is 12.6. The maximum Gasteiger partial charge on any atom is 0.0838 e. The van der Waals surface area contributed by atoms with E-state index < -0.39 is 6.10 Å².